The molecule has 12 heteroatoms. The number of amides is 1. The number of benzene rings is 4. The van der Waals surface area contributed by atoms with Crippen LogP contribution in [0.25, 0.3) is 22.3 Å². The smallest absolute Gasteiger partial charge is 0.414 e. The van der Waals surface area contributed by atoms with E-state index < -0.39 is 23.6 Å². The number of aliphatic carboxylic acids is 2. The maximum atomic E-state index is 13.9. The number of unbranched alkanes of at least 4 members (excludes halogenated alkanes) is 3. The highest BCUT2D eigenvalue weighted by Crippen LogP contribution is 2.41. The van der Waals surface area contributed by atoms with Crippen LogP contribution in [0.15, 0.2) is 72.8 Å². The number of carbonyl (C=O) groups is 3. The number of ether oxygens (including phenoxy) is 6. The minimum atomic E-state index is -0.893. The number of anilines is 1. The number of nitrogens with zero attached hydrogens (tertiary/aromatic N) is 1. The molecule has 0 fully saturated rings. The predicted octanol–water partition coefficient (Wildman–Crippen LogP) is 9.28. The molecular weight excluding hydrogens is 718 g/mol. The maximum Gasteiger partial charge on any atom is 0.414 e. The van der Waals surface area contributed by atoms with Crippen LogP contribution in [0.1, 0.15) is 76.8 Å². The maximum absolute atomic E-state index is 13.9. The van der Waals surface area contributed by atoms with Gasteiger partial charge in [-0.2, -0.15) is 0 Å². The largest absolute Gasteiger partial charge is 0.493 e. The number of carbonyl (C=O) groups excluding carboxylic acids is 1. The Kier molecular flexibility index (Phi) is 12.9. The van der Waals surface area contributed by atoms with Crippen molar-refractivity contribution in [2.45, 2.75) is 84.2 Å². The van der Waals surface area contributed by atoms with Crippen LogP contribution in [0.4, 0.5) is 10.5 Å². The van der Waals surface area contributed by atoms with Gasteiger partial charge in [-0.1, -0.05) is 37.1 Å². The first-order valence-electron chi connectivity index (χ1n) is 19.1. The summed E-state index contributed by atoms with van der Waals surface area (Å²) in [7, 11) is 0. The highest BCUT2D eigenvalue weighted by Gasteiger charge is 2.25. The average molecular weight is 768 g/mol. The van der Waals surface area contributed by atoms with Gasteiger partial charge in [0.05, 0.1) is 6.61 Å². The zero-order valence-corrected chi connectivity index (χ0v) is 32.1. The molecule has 2 N–H and O–H groups in total. The summed E-state index contributed by atoms with van der Waals surface area (Å²) in [5.74, 6) is 1.50. The van der Waals surface area contributed by atoms with Gasteiger partial charge in [0.25, 0.3) is 0 Å². The molecule has 0 atom stereocenters. The molecule has 2 aliphatic heterocycles. The third-order valence-corrected chi connectivity index (χ3v) is 9.44. The highest BCUT2D eigenvalue weighted by atomic mass is 16.7. The molecule has 0 aliphatic carbocycles. The van der Waals surface area contributed by atoms with Gasteiger partial charge in [-0.15, -0.1) is 0 Å². The Hall–Kier alpha value is -5.91. The molecule has 12 nitrogen and oxygen atoms in total. The van der Waals surface area contributed by atoms with Gasteiger partial charge in [0, 0.05) is 25.1 Å². The summed E-state index contributed by atoms with van der Waals surface area (Å²) in [5, 5.41) is 18.4. The zero-order chi connectivity index (χ0) is 39.7. The Morgan fingerprint density at radius 2 is 1.27 bits per heavy atom. The lowest BCUT2D eigenvalue weighted by Crippen LogP contribution is -2.37. The normalized spacial score (nSPS) is 12.7. The second-order valence-corrected chi connectivity index (χ2v) is 14.8. The Morgan fingerprint density at radius 1 is 0.661 bits per heavy atom. The van der Waals surface area contributed by atoms with Gasteiger partial charge < -0.3 is 38.6 Å². The first-order valence-corrected chi connectivity index (χ1v) is 19.1. The van der Waals surface area contributed by atoms with Crippen LogP contribution < -0.4 is 28.6 Å². The lowest BCUT2D eigenvalue weighted by Gasteiger charge is -2.28. The van der Waals surface area contributed by atoms with E-state index in [1.54, 1.807) is 4.90 Å². The van der Waals surface area contributed by atoms with Gasteiger partial charge in [-0.25, -0.2) is 4.79 Å². The van der Waals surface area contributed by atoms with Crippen molar-refractivity contribution in [3.05, 3.63) is 83.9 Å². The fourth-order valence-electron chi connectivity index (χ4n) is 6.74. The molecule has 0 saturated heterocycles. The van der Waals surface area contributed by atoms with Gasteiger partial charge in [-0.3, -0.25) is 14.5 Å². The second kappa shape index (κ2) is 18.1. The number of aryl methyl sites for hydroxylation is 1. The SMILES string of the molecule is CC(C)(C)OC(=O)N(CCCCCCc1cccc(OCCCC(=O)O)c1CCC(=O)O)c1cc(-c2ccc3c(c2)OCO3)cc(-c2ccc3c(c2)OCO3)c1. The molecule has 56 heavy (non-hydrogen) atoms. The van der Waals surface area contributed by atoms with Crippen LogP contribution in [0, 0.1) is 0 Å². The van der Waals surface area contributed by atoms with Crippen molar-refractivity contribution in [3.63, 3.8) is 0 Å². The average Bonchev–Trinajstić information content (AvgIpc) is 3.84. The fourth-order valence-corrected chi connectivity index (χ4v) is 6.74. The van der Waals surface area contributed by atoms with E-state index in [-0.39, 0.29) is 33.0 Å². The fraction of sp³-hybridized carbons (Fsp3) is 0.386. The molecule has 4 aromatic carbocycles. The minimum absolute atomic E-state index is 0.00187. The molecule has 0 aromatic heterocycles. The van der Waals surface area contributed by atoms with Crippen LogP contribution in [0.3, 0.4) is 0 Å². The summed E-state index contributed by atoms with van der Waals surface area (Å²) < 4.78 is 34.3. The van der Waals surface area contributed by atoms with Crippen LogP contribution in [-0.2, 0) is 27.2 Å². The van der Waals surface area contributed by atoms with E-state index in [0.29, 0.717) is 60.2 Å². The van der Waals surface area contributed by atoms with E-state index in [4.69, 9.17) is 33.5 Å². The van der Waals surface area contributed by atoms with E-state index >= 15 is 0 Å². The number of fused-ring (bicyclic) bond motifs is 2. The summed E-state index contributed by atoms with van der Waals surface area (Å²) in [4.78, 5) is 38.0. The second-order valence-electron chi connectivity index (χ2n) is 14.8. The molecule has 0 spiro atoms. The summed E-state index contributed by atoms with van der Waals surface area (Å²) >= 11 is 0. The van der Waals surface area contributed by atoms with Crippen LogP contribution in [0.5, 0.6) is 28.7 Å². The molecule has 6 rings (SSSR count). The monoisotopic (exact) mass is 767 g/mol. The Bertz CT molecular complexity index is 1960. The molecule has 296 valence electrons. The third-order valence-electron chi connectivity index (χ3n) is 9.44. The van der Waals surface area contributed by atoms with Crippen molar-refractivity contribution in [1.29, 1.82) is 0 Å². The molecule has 0 saturated carbocycles. The molecule has 4 aromatic rings. The Balaban J connectivity index is 1.19. The van der Waals surface area contributed by atoms with Crippen LogP contribution in [-0.4, -0.2) is 60.6 Å². The third kappa shape index (κ3) is 10.6. The molecule has 0 radical (unpaired) electrons. The van der Waals surface area contributed by atoms with Gasteiger partial charge >= 0.3 is 18.0 Å². The Morgan fingerprint density at radius 3 is 1.88 bits per heavy atom. The summed E-state index contributed by atoms with van der Waals surface area (Å²) in [5.41, 5.74) is 5.42. The lowest BCUT2D eigenvalue weighted by atomic mass is 9.96. The number of carboxylic acid groups (broad SMARTS) is 2. The van der Waals surface area contributed by atoms with Crippen molar-refractivity contribution in [3.8, 4) is 51.0 Å². The van der Waals surface area contributed by atoms with Gasteiger partial charge in [0.2, 0.25) is 13.6 Å². The highest BCUT2D eigenvalue weighted by molar-refractivity contribution is 5.91. The zero-order valence-electron chi connectivity index (χ0n) is 32.1. The van der Waals surface area contributed by atoms with E-state index in [2.05, 4.69) is 6.07 Å². The predicted molar refractivity (Wildman–Crippen MR) is 210 cm³/mol. The van der Waals surface area contributed by atoms with Crippen molar-refractivity contribution in [2.24, 2.45) is 0 Å². The topological polar surface area (TPSA) is 150 Å². The number of hydrogen-bond acceptors (Lipinski definition) is 9. The van der Waals surface area contributed by atoms with Gasteiger partial charge in [0.1, 0.15) is 11.4 Å². The van der Waals surface area contributed by atoms with Crippen molar-refractivity contribution < 1.29 is 53.0 Å². The summed E-state index contributed by atoms with van der Waals surface area (Å²) in [6.07, 6.45) is 4.22. The number of carboxylic acids is 2. The summed E-state index contributed by atoms with van der Waals surface area (Å²) in [6.45, 7) is 6.54. The van der Waals surface area contributed by atoms with Crippen molar-refractivity contribution in [2.75, 3.05) is 31.6 Å². The van der Waals surface area contributed by atoms with Crippen molar-refractivity contribution in [1.82, 2.24) is 0 Å². The number of hydrogen-bond donors (Lipinski definition) is 2. The standard InChI is InChI=1S/C44H49NO11/c1-44(2,3)56-43(50)45(20-7-5-4-6-10-29-11-8-12-36(35(29)16-19-42(48)49)51-21-9-13-41(46)47)34-23-32(30-14-17-37-39(25-30)54-27-52-37)22-33(24-34)31-15-18-38-40(26-31)55-28-53-38/h8,11-12,14-15,17-18,22-26H,4-7,9-10,13,16,19-21,27-28H2,1-3H3,(H,46,47)(H,48,49). The van der Waals surface area contributed by atoms with E-state index in [9.17, 15) is 19.5 Å². The van der Waals surface area contributed by atoms with Crippen molar-refractivity contribution >= 4 is 23.7 Å². The molecule has 1 amide bonds. The van der Waals surface area contributed by atoms with Crippen LogP contribution >= 0.6 is 0 Å². The van der Waals surface area contributed by atoms with Gasteiger partial charge in [0.15, 0.2) is 23.0 Å². The first kappa shape index (κ1) is 39.8. The first-order chi connectivity index (χ1) is 26.9. The van der Waals surface area contributed by atoms with E-state index in [0.717, 1.165) is 59.1 Å². The molecule has 2 aliphatic rings. The molecule has 2 heterocycles. The minimum Gasteiger partial charge on any atom is -0.493 e. The van der Waals surface area contributed by atoms with Gasteiger partial charge in [-0.05, 0) is 135 Å². The summed E-state index contributed by atoms with van der Waals surface area (Å²) in [6, 6.07) is 23.4. The van der Waals surface area contributed by atoms with Crippen LogP contribution in [0.2, 0.25) is 0 Å². The Labute approximate surface area is 326 Å². The molecule has 0 unspecified atom stereocenters. The quantitative estimate of drug-likeness (QED) is 0.0933. The van der Waals surface area contributed by atoms with E-state index in [1.807, 2.05) is 87.5 Å². The molecule has 0 bridgehead atoms. The number of rotatable bonds is 18. The van der Waals surface area contributed by atoms with E-state index in [1.165, 1.54) is 0 Å². The lowest BCUT2D eigenvalue weighted by molar-refractivity contribution is -0.138. The molecular formula is C44H49NO11.